The number of carbonyl (C=O) groups is 1. The summed E-state index contributed by atoms with van der Waals surface area (Å²) in [5, 5.41) is 6.75. The molecule has 2 heterocycles. The molecule has 52 valence electrons. The van der Waals surface area contributed by atoms with Gasteiger partial charge in [-0.05, 0) is 6.92 Å². The second-order valence-electron chi connectivity index (χ2n) is 2.38. The minimum absolute atomic E-state index is 0.0162. The van der Waals surface area contributed by atoms with Crippen molar-refractivity contribution in [3.63, 3.8) is 0 Å². The first kappa shape index (κ1) is 5.46. The maximum atomic E-state index is 10.7. The van der Waals surface area contributed by atoms with Crippen LogP contribution in [0.25, 0.3) is 0 Å². The molecular formula is C6H7N3O. The predicted octanol–water partition coefficient (Wildman–Crippen LogP) is 0.144. The van der Waals surface area contributed by atoms with Gasteiger partial charge in [0.2, 0.25) is 5.91 Å². The average Bonchev–Trinajstić information content (AvgIpc) is 2.21. The summed E-state index contributed by atoms with van der Waals surface area (Å²) in [6.07, 6.45) is 0. The van der Waals surface area contributed by atoms with Gasteiger partial charge in [0.15, 0.2) is 0 Å². The van der Waals surface area contributed by atoms with Crippen LogP contribution in [0.1, 0.15) is 5.69 Å². The van der Waals surface area contributed by atoms with Gasteiger partial charge in [-0.15, -0.1) is 0 Å². The first-order valence-electron chi connectivity index (χ1n) is 3.10. The van der Waals surface area contributed by atoms with Crippen LogP contribution in [0.2, 0.25) is 0 Å². The van der Waals surface area contributed by atoms with Gasteiger partial charge in [0.05, 0.1) is 5.69 Å². The Morgan fingerprint density at radius 2 is 2.60 bits per heavy atom. The Morgan fingerprint density at radius 1 is 1.80 bits per heavy atom. The molecule has 0 unspecified atom stereocenters. The van der Waals surface area contributed by atoms with E-state index in [-0.39, 0.29) is 5.91 Å². The zero-order valence-electron chi connectivity index (χ0n) is 5.59. The van der Waals surface area contributed by atoms with E-state index in [1.807, 2.05) is 13.0 Å². The standard InChI is InChI=1S/C6H7N3O/c1-4-2-5-7-6(10)3-9(5)8-4/h2H,3H2,1H3,(H,7,10). The molecule has 1 aliphatic rings. The maximum Gasteiger partial charge on any atom is 0.247 e. The minimum atomic E-state index is 0.0162. The van der Waals surface area contributed by atoms with Crippen molar-refractivity contribution >= 4 is 11.7 Å². The van der Waals surface area contributed by atoms with Crippen LogP contribution in [0.5, 0.6) is 0 Å². The van der Waals surface area contributed by atoms with E-state index in [0.717, 1.165) is 11.5 Å². The fourth-order valence-corrected chi connectivity index (χ4v) is 1.09. The van der Waals surface area contributed by atoms with Gasteiger partial charge in [-0.2, -0.15) is 5.10 Å². The van der Waals surface area contributed by atoms with Gasteiger partial charge in [0, 0.05) is 6.07 Å². The quantitative estimate of drug-likeness (QED) is 0.553. The molecule has 0 radical (unpaired) electrons. The number of carbonyl (C=O) groups excluding carboxylic acids is 1. The van der Waals surface area contributed by atoms with E-state index >= 15 is 0 Å². The van der Waals surface area contributed by atoms with Crippen molar-refractivity contribution in [2.75, 3.05) is 5.32 Å². The van der Waals surface area contributed by atoms with Crippen LogP contribution < -0.4 is 5.32 Å². The summed E-state index contributed by atoms with van der Waals surface area (Å²) in [6, 6.07) is 1.85. The number of nitrogens with one attached hydrogen (secondary N) is 1. The topological polar surface area (TPSA) is 46.9 Å². The zero-order chi connectivity index (χ0) is 7.14. The SMILES string of the molecule is Cc1cc2n(n1)CC(=O)N2. The van der Waals surface area contributed by atoms with Crippen molar-refractivity contribution in [3.05, 3.63) is 11.8 Å². The molecule has 0 fully saturated rings. The summed E-state index contributed by atoms with van der Waals surface area (Å²) in [5.74, 6) is 0.824. The number of amides is 1. The Hall–Kier alpha value is -1.32. The number of rotatable bonds is 0. The average molecular weight is 137 g/mol. The monoisotopic (exact) mass is 137 g/mol. The first-order valence-corrected chi connectivity index (χ1v) is 3.10. The molecule has 4 nitrogen and oxygen atoms in total. The molecular weight excluding hydrogens is 130 g/mol. The molecule has 1 aromatic rings. The highest BCUT2D eigenvalue weighted by Gasteiger charge is 2.17. The molecule has 0 aromatic carbocycles. The van der Waals surface area contributed by atoms with Gasteiger partial charge in [0.25, 0.3) is 0 Å². The van der Waals surface area contributed by atoms with E-state index in [1.54, 1.807) is 4.68 Å². The first-order chi connectivity index (χ1) is 4.75. The van der Waals surface area contributed by atoms with E-state index in [1.165, 1.54) is 0 Å². The Kier molecular flexibility index (Phi) is 0.869. The molecule has 0 atom stereocenters. The second kappa shape index (κ2) is 1.59. The Bertz CT molecular complexity index is 264. The van der Waals surface area contributed by atoms with Crippen molar-refractivity contribution in [2.24, 2.45) is 0 Å². The lowest BCUT2D eigenvalue weighted by molar-refractivity contribution is -0.115. The number of aromatic nitrogens is 2. The van der Waals surface area contributed by atoms with Crippen LogP contribution >= 0.6 is 0 Å². The molecule has 10 heavy (non-hydrogen) atoms. The normalized spacial score (nSPS) is 15.1. The molecule has 1 aliphatic heterocycles. The third-order valence-electron chi connectivity index (χ3n) is 1.46. The Labute approximate surface area is 57.8 Å². The van der Waals surface area contributed by atoms with Gasteiger partial charge < -0.3 is 5.32 Å². The Morgan fingerprint density at radius 3 is 3.30 bits per heavy atom. The smallest absolute Gasteiger partial charge is 0.247 e. The summed E-state index contributed by atoms with van der Waals surface area (Å²) in [6.45, 7) is 2.26. The van der Waals surface area contributed by atoms with Gasteiger partial charge in [0.1, 0.15) is 12.4 Å². The predicted molar refractivity (Wildman–Crippen MR) is 35.6 cm³/mol. The second-order valence-corrected chi connectivity index (χ2v) is 2.38. The van der Waals surface area contributed by atoms with Crippen molar-refractivity contribution in [1.29, 1.82) is 0 Å². The van der Waals surface area contributed by atoms with Gasteiger partial charge >= 0.3 is 0 Å². The molecule has 0 aliphatic carbocycles. The van der Waals surface area contributed by atoms with E-state index < -0.39 is 0 Å². The molecule has 1 amide bonds. The molecule has 4 heteroatoms. The summed E-state index contributed by atoms with van der Waals surface area (Å²) in [4.78, 5) is 10.7. The number of aryl methyl sites for hydroxylation is 1. The van der Waals surface area contributed by atoms with Gasteiger partial charge in [-0.25, -0.2) is 4.68 Å². The maximum absolute atomic E-state index is 10.7. The van der Waals surface area contributed by atoms with E-state index in [4.69, 9.17) is 0 Å². The fourth-order valence-electron chi connectivity index (χ4n) is 1.09. The Balaban J connectivity index is 2.47. The third-order valence-corrected chi connectivity index (χ3v) is 1.46. The third kappa shape index (κ3) is 0.618. The summed E-state index contributed by atoms with van der Waals surface area (Å²) in [5.41, 5.74) is 0.940. The molecule has 1 aromatic heterocycles. The highest BCUT2D eigenvalue weighted by Crippen LogP contribution is 2.14. The van der Waals surface area contributed by atoms with Crippen molar-refractivity contribution in [3.8, 4) is 0 Å². The van der Waals surface area contributed by atoms with Crippen molar-refractivity contribution in [1.82, 2.24) is 9.78 Å². The molecule has 0 saturated heterocycles. The largest absolute Gasteiger partial charge is 0.309 e. The molecule has 0 bridgehead atoms. The van der Waals surface area contributed by atoms with Crippen LogP contribution in [-0.2, 0) is 11.3 Å². The van der Waals surface area contributed by atoms with Crippen LogP contribution in [0, 0.1) is 6.92 Å². The molecule has 0 saturated carbocycles. The number of anilines is 1. The molecule has 1 N–H and O–H groups in total. The van der Waals surface area contributed by atoms with E-state index in [9.17, 15) is 4.79 Å². The zero-order valence-corrected chi connectivity index (χ0v) is 5.59. The van der Waals surface area contributed by atoms with E-state index in [0.29, 0.717) is 6.54 Å². The van der Waals surface area contributed by atoms with Crippen molar-refractivity contribution < 1.29 is 4.79 Å². The van der Waals surface area contributed by atoms with E-state index in [2.05, 4.69) is 10.4 Å². The fraction of sp³-hybridized carbons (Fsp3) is 0.333. The van der Waals surface area contributed by atoms with Crippen molar-refractivity contribution in [2.45, 2.75) is 13.5 Å². The lowest BCUT2D eigenvalue weighted by Crippen LogP contribution is -2.06. The summed E-state index contributed by atoms with van der Waals surface area (Å²) < 4.78 is 1.66. The summed E-state index contributed by atoms with van der Waals surface area (Å²) >= 11 is 0. The highest BCUT2D eigenvalue weighted by atomic mass is 16.2. The number of hydrogen-bond donors (Lipinski definition) is 1. The minimum Gasteiger partial charge on any atom is -0.309 e. The van der Waals surface area contributed by atoms with Gasteiger partial charge in [-0.1, -0.05) is 0 Å². The van der Waals surface area contributed by atoms with Gasteiger partial charge in [-0.3, -0.25) is 4.79 Å². The van der Waals surface area contributed by atoms with Crippen LogP contribution in [0.15, 0.2) is 6.07 Å². The lowest BCUT2D eigenvalue weighted by Gasteiger charge is -1.85. The number of hydrogen-bond acceptors (Lipinski definition) is 2. The highest BCUT2D eigenvalue weighted by molar-refractivity contribution is 5.93. The molecule has 2 rings (SSSR count). The number of nitrogens with zero attached hydrogens (tertiary/aromatic N) is 2. The lowest BCUT2D eigenvalue weighted by atomic mass is 10.5. The van der Waals surface area contributed by atoms with Crippen LogP contribution in [-0.4, -0.2) is 15.7 Å². The van der Waals surface area contributed by atoms with Crippen LogP contribution in [0.4, 0.5) is 5.82 Å². The number of fused-ring (bicyclic) bond motifs is 1. The molecule has 0 spiro atoms. The summed E-state index contributed by atoms with van der Waals surface area (Å²) in [7, 11) is 0. The van der Waals surface area contributed by atoms with Crippen LogP contribution in [0.3, 0.4) is 0 Å².